The summed E-state index contributed by atoms with van der Waals surface area (Å²) in [4.78, 5) is 4.03. The minimum Gasteiger partial charge on any atom is -0.366 e. The topological polar surface area (TPSA) is 53.6 Å². The fourth-order valence-electron chi connectivity index (χ4n) is 2.34. The summed E-state index contributed by atoms with van der Waals surface area (Å²) in [7, 11) is 0. The Labute approximate surface area is 129 Å². The molecule has 1 aromatic heterocycles. The summed E-state index contributed by atoms with van der Waals surface area (Å²) in [5.74, 6) is 0. The Morgan fingerprint density at radius 3 is 2.64 bits per heavy atom. The number of nitrogens with one attached hydrogen (secondary N) is 1. The monoisotopic (exact) mass is 288 g/mol. The van der Waals surface area contributed by atoms with Gasteiger partial charge in [0.2, 0.25) is 0 Å². The quantitative estimate of drug-likeness (QED) is 0.793. The average molecular weight is 288 g/mol. The molecule has 0 radical (unpaired) electrons. The molecule has 0 amide bonds. The van der Waals surface area contributed by atoms with E-state index in [1.807, 2.05) is 66.2 Å². The van der Waals surface area contributed by atoms with Crippen molar-refractivity contribution in [3.05, 3.63) is 78.4 Å². The Morgan fingerprint density at radius 1 is 1.18 bits per heavy atom. The van der Waals surface area contributed by atoms with Crippen LogP contribution in [0, 0.1) is 18.3 Å². The molecule has 1 atom stereocenters. The number of aryl methyl sites for hydroxylation is 1. The number of nitriles is 1. The van der Waals surface area contributed by atoms with Crippen LogP contribution in [0.2, 0.25) is 0 Å². The van der Waals surface area contributed by atoms with Crippen molar-refractivity contribution >= 4 is 5.69 Å². The van der Waals surface area contributed by atoms with Crippen LogP contribution in [0.5, 0.6) is 0 Å². The first-order valence-electron chi connectivity index (χ1n) is 7.07. The molecule has 0 spiro atoms. The molecule has 0 aliphatic carbocycles. The Hall–Kier alpha value is -3.06. The van der Waals surface area contributed by atoms with Gasteiger partial charge in [-0.3, -0.25) is 0 Å². The molecule has 1 heterocycles. The third-order valence-electron chi connectivity index (χ3n) is 3.49. The highest BCUT2D eigenvalue weighted by molar-refractivity contribution is 5.50. The number of hydrogen-bond donors (Lipinski definition) is 1. The number of aromatic nitrogens is 2. The molecule has 4 heteroatoms. The number of imidazole rings is 1. The van der Waals surface area contributed by atoms with Gasteiger partial charge in [0, 0.05) is 23.8 Å². The number of nitrogens with zero attached hydrogens (tertiary/aromatic N) is 3. The molecular weight excluding hydrogens is 272 g/mol. The average Bonchev–Trinajstić information content (AvgIpc) is 3.07. The molecule has 0 saturated heterocycles. The minimum absolute atomic E-state index is 0.376. The van der Waals surface area contributed by atoms with Gasteiger partial charge < -0.3 is 9.88 Å². The molecule has 0 bridgehead atoms. The number of benzene rings is 2. The molecule has 1 N–H and O–H groups in total. The smallest absolute Gasteiger partial charge is 0.140 e. The lowest BCUT2D eigenvalue weighted by atomic mass is 10.1. The number of anilines is 1. The van der Waals surface area contributed by atoms with Crippen LogP contribution in [-0.4, -0.2) is 9.55 Å². The molecule has 0 aliphatic heterocycles. The maximum Gasteiger partial charge on any atom is 0.140 e. The molecule has 2 aromatic carbocycles. The first-order valence-corrected chi connectivity index (χ1v) is 7.07. The van der Waals surface area contributed by atoms with Crippen LogP contribution >= 0.6 is 0 Å². The highest BCUT2D eigenvalue weighted by Crippen LogP contribution is 2.21. The van der Waals surface area contributed by atoms with Gasteiger partial charge in [0.1, 0.15) is 6.04 Å². The third-order valence-corrected chi connectivity index (χ3v) is 3.49. The molecule has 4 nitrogen and oxygen atoms in total. The van der Waals surface area contributed by atoms with Crippen LogP contribution in [0.1, 0.15) is 17.2 Å². The summed E-state index contributed by atoms with van der Waals surface area (Å²) in [6.07, 6.45) is 5.38. The Balaban J connectivity index is 1.81. The Morgan fingerprint density at radius 2 is 2.00 bits per heavy atom. The van der Waals surface area contributed by atoms with Crippen molar-refractivity contribution < 1.29 is 0 Å². The first-order chi connectivity index (χ1) is 10.8. The Bertz CT molecular complexity index is 783. The lowest BCUT2D eigenvalue weighted by Crippen LogP contribution is -2.08. The van der Waals surface area contributed by atoms with E-state index < -0.39 is 0 Å². The highest BCUT2D eigenvalue weighted by Gasteiger charge is 2.10. The largest absolute Gasteiger partial charge is 0.366 e. The molecule has 0 fully saturated rings. The van der Waals surface area contributed by atoms with Gasteiger partial charge in [-0.1, -0.05) is 24.3 Å². The van der Waals surface area contributed by atoms with Gasteiger partial charge in [-0.05, 0) is 42.3 Å². The highest BCUT2D eigenvalue weighted by atomic mass is 15.0. The van der Waals surface area contributed by atoms with E-state index in [2.05, 4.69) is 16.4 Å². The van der Waals surface area contributed by atoms with E-state index in [1.54, 1.807) is 12.5 Å². The summed E-state index contributed by atoms with van der Waals surface area (Å²) in [6.45, 7) is 2.03. The molecular formula is C18H16N4. The van der Waals surface area contributed by atoms with E-state index >= 15 is 0 Å². The summed E-state index contributed by atoms with van der Waals surface area (Å²) >= 11 is 0. The summed E-state index contributed by atoms with van der Waals surface area (Å²) in [5.41, 5.74) is 4.07. The molecule has 3 aromatic rings. The van der Waals surface area contributed by atoms with Gasteiger partial charge >= 0.3 is 0 Å². The maximum absolute atomic E-state index is 9.44. The van der Waals surface area contributed by atoms with E-state index in [4.69, 9.17) is 0 Å². The zero-order valence-corrected chi connectivity index (χ0v) is 12.3. The fraction of sp³-hybridized carbons (Fsp3) is 0.111. The SMILES string of the molecule is Cc1cccc(N[C@@H](C#N)c2ccc(-n3ccnc3)cc2)c1. The van der Waals surface area contributed by atoms with Crippen molar-refractivity contribution in [3.8, 4) is 11.8 Å². The molecule has 0 saturated carbocycles. The second kappa shape index (κ2) is 6.15. The standard InChI is InChI=1S/C18H16N4/c1-14-3-2-4-16(11-14)21-18(12-19)15-5-7-17(8-6-15)22-10-9-20-13-22/h2-11,13,18,21H,1H3/t18-/m0/s1. The second-order valence-corrected chi connectivity index (χ2v) is 5.14. The Kier molecular flexibility index (Phi) is 3.88. The lowest BCUT2D eigenvalue weighted by molar-refractivity contribution is 0.988. The predicted molar refractivity (Wildman–Crippen MR) is 86.7 cm³/mol. The van der Waals surface area contributed by atoms with E-state index in [0.717, 1.165) is 22.5 Å². The van der Waals surface area contributed by atoms with Crippen LogP contribution in [0.15, 0.2) is 67.3 Å². The molecule has 22 heavy (non-hydrogen) atoms. The zero-order chi connectivity index (χ0) is 15.4. The van der Waals surface area contributed by atoms with Crippen molar-refractivity contribution in [3.63, 3.8) is 0 Å². The van der Waals surface area contributed by atoms with Crippen LogP contribution in [0.25, 0.3) is 5.69 Å². The summed E-state index contributed by atoms with van der Waals surface area (Å²) < 4.78 is 1.93. The zero-order valence-electron chi connectivity index (χ0n) is 12.3. The third kappa shape index (κ3) is 2.99. The van der Waals surface area contributed by atoms with Crippen LogP contribution in [0.3, 0.4) is 0 Å². The van der Waals surface area contributed by atoms with Crippen molar-refractivity contribution in [2.45, 2.75) is 13.0 Å². The van der Waals surface area contributed by atoms with Gasteiger partial charge in [0.25, 0.3) is 0 Å². The van der Waals surface area contributed by atoms with Gasteiger partial charge in [-0.2, -0.15) is 5.26 Å². The molecule has 3 rings (SSSR count). The van der Waals surface area contributed by atoms with E-state index in [-0.39, 0.29) is 6.04 Å². The van der Waals surface area contributed by atoms with E-state index in [1.165, 1.54) is 0 Å². The number of rotatable bonds is 4. The van der Waals surface area contributed by atoms with Gasteiger partial charge in [0.05, 0.1) is 12.4 Å². The van der Waals surface area contributed by atoms with Crippen LogP contribution < -0.4 is 5.32 Å². The van der Waals surface area contributed by atoms with Gasteiger partial charge in [0.15, 0.2) is 0 Å². The molecule has 0 aliphatic rings. The predicted octanol–water partition coefficient (Wildman–Crippen LogP) is 3.86. The minimum atomic E-state index is -0.376. The van der Waals surface area contributed by atoms with Crippen molar-refractivity contribution in [2.24, 2.45) is 0 Å². The normalized spacial score (nSPS) is 11.6. The van der Waals surface area contributed by atoms with Crippen LogP contribution in [0.4, 0.5) is 5.69 Å². The van der Waals surface area contributed by atoms with Crippen molar-refractivity contribution in [2.75, 3.05) is 5.32 Å². The van der Waals surface area contributed by atoms with Crippen molar-refractivity contribution in [1.29, 1.82) is 5.26 Å². The van der Waals surface area contributed by atoms with Crippen LogP contribution in [-0.2, 0) is 0 Å². The fourth-order valence-corrected chi connectivity index (χ4v) is 2.34. The summed E-state index contributed by atoms with van der Waals surface area (Å²) in [6, 6.07) is 17.8. The van der Waals surface area contributed by atoms with Gasteiger partial charge in [-0.15, -0.1) is 0 Å². The second-order valence-electron chi connectivity index (χ2n) is 5.14. The van der Waals surface area contributed by atoms with E-state index in [9.17, 15) is 5.26 Å². The first kappa shape index (κ1) is 13.9. The molecule has 108 valence electrons. The van der Waals surface area contributed by atoms with E-state index in [0.29, 0.717) is 0 Å². The molecule has 0 unspecified atom stereocenters. The maximum atomic E-state index is 9.44. The summed E-state index contributed by atoms with van der Waals surface area (Å²) in [5, 5.41) is 12.7. The number of hydrogen-bond acceptors (Lipinski definition) is 3. The van der Waals surface area contributed by atoms with Gasteiger partial charge in [-0.25, -0.2) is 4.98 Å². The lowest BCUT2D eigenvalue weighted by Gasteiger charge is -2.14. The van der Waals surface area contributed by atoms with Crippen molar-refractivity contribution in [1.82, 2.24) is 9.55 Å².